The summed E-state index contributed by atoms with van der Waals surface area (Å²) in [6, 6.07) is 0. The van der Waals surface area contributed by atoms with Crippen molar-refractivity contribution in [2.75, 3.05) is 18.4 Å². The Kier molecular flexibility index (Phi) is 5.37. The molecule has 2 aliphatic rings. The summed E-state index contributed by atoms with van der Waals surface area (Å²) >= 11 is 3.41. The summed E-state index contributed by atoms with van der Waals surface area (Å²) < 4.78 is 39.3. The molecule has 0 radical (unpaired) electrons. The van der Waals surface area contributed by atoms with Gasteiger partial charge in [0.15, 0.2) is 0 Å². The molecule has 116 valence electrons. The van der Waals surface area contributed by atoms with Gasteiger partial charge in [0.2, 0.25) is 5.91 Å². The van der Waals surface area contributed by atoms with E-state index in [4.69, 9.17) is 0 Å². The van der Waals surface area contributed by atoms with Gasteiger partial charge in [-0.3, -0.25) is 4.79 Å². The average molecular weight is 356 g/mol. The highest BCUT2D eigenvalue weighted by molar-refractivity contribution is 9.09. The van der Waals surface area contributed by atoms with E-state index >= 15 is 0 Å². The minimum absolute atomic E-state index is 0.107. The number of piperidine rings is 1. The van der Waals surface area contributed by atoms with Crippen LogP contribution in [-0.2, 0) is 4.79 Å². The summed E-state index contributed by atoms with van der Waals surface area (Å²) in [5.41, 5.74) is 0. The number of halogens is 4. The Morgan fingerprint density at radius 3 is 2.50 bits per heavy atom. The van der Waals surface area contributed by atoms with Gasteiger partial charge in [0.05, 0.1) is 5.92 Å². The van der Waals surface area contributed by atoms with Gasteiger partial charge in [-0.15, -0.1) is 0 Å². The van der Waals surface area contributed by atoms with Crippen molar-refractivity contribution in [1.29, 1.82) is 0 Å². The maximum Gasteiger partial charge on any atom is 0.392 e. The zero-order chi connectivity index (χ0) is 14.8. The van der Waals surface area contributed by atoms with Gasteiger partial charge in [-0.25, -0.2) is 0 Å². The third-order valence-corrected chi connectivity index (χ3v) is 5.47. The van der Waals surface area contributed by atoms with Crippen LogP contribution in [-0.4, -0.2) is 35.4 Å². The minimum Gasteiger partial charge on any atom is -0.342 e. The van der Waals surface area contributed by atoms with E-state index in [0.717, 1.165) is 24.6 Å². The lowest BCUT2D eigenvalue weighted by Gasteiger charge is -2.38. The fraction of sp³-hybridized carbons (Fsp3) is 0.929. The molecule has 0 aromatic rings. The number of carbonyl (C=O) groups is 1. The van der Waals surface area contributed by atoms with Gasteiger partial charge in [-0.05, 0) is 31.6 Å². The van der Waals surface area contributed by atoms with Crippen LogP contribution in [0.15, 0.2) is 0 Å². The summed E-state index contributed by atoms with van der Waals surface area (Å²) in [7, 11) is 0. The van der Waals surface area contributed by atoms with Crippen LogP contribution in [0, 0.1) is 17.8 Å². The van der Waals surface area contributed by atoms with Crippen molar-refractivity contribution >= 4 is 21.8 Å². The first kappa shape index (κ1) is 16.1. The van der Waals surface area contributed by atoms with Gasteiger partial charge in [0.1, 0.15) is 0 Å². The zero-order valence-corrected chi connectivity index (χ0v) is 13.0. The van der Waals surface area contributed by atoms with Crippen molar-refractivity contribution in [3.63, 3.8) is 0 Å². The molecule has 0 bridgehead atoms. The van der Waals surface area contributed by atoms with Crippen molar-refractivity contribution < 1.29 is 18.0 Å². The second-order valence-electron chi connectivity index (χ2n) is 5.99. The summed E-state index contributed by atoms with van der Waals surface area (Å²) in [6.45, 7) is 1.22. The Balaban J connectivity index is 2.05. The Hall–Kier alpha value is -0.260. The maximum absolute atomic E-state index is 13.1. The van der Waals surface area contributed by atoms with E-state index in [1.807, 2.05) is 0 Å². The molecule has 2 nitrogen and oxygen atoms in total. The highest BCUT2D eigenvalue weighted by Gasteiger charge is 2.49. The fourth-order valence-electron chi connectivity index (χ4n) is 3.44. The smallest absolute Gasteiger partial charge is 0.342 e. The van der Waals surface area contributed by atoms with E-state index in [-0.39, 0.29) is 12.3 Å². The van der Waals surface area contributed by atoms with Gasteiger partial charge < -0.3 is 4.90 Å². The quantitative estimate of drug-likeness (QED) is 0.686. The molecule has 0 spiro atoms. The monoisotopic (exact) mass is 355 g/mol. The summed E-state index contributed by atoms with van der Waals surface area (Å²) in [6.07, 6.45) is -0.496. The standard InChI is InChI=1S/C14H21BrF3NO/c15-8-10-4-3-7-19(9-10)13(20)11-5-1-2-6-12(11)14(16,17)18/h10-12H,1-9H2. The first-order valence-corrected chi connectivity index (χ1v) is 8.47. The number of nitrogens with zero attached hydrogens (tertiary/aromatic N) is 1. The van der Waals surface area contributed by atoms with Crippen LogP contribution >= 0.6 is 15.9 Å². The molecule has 1 heterocycles. The van der Waals surface area contributed by atoms with Crippen LogP contribution in [0.2, 0.25) is 0 Å². The topological polar surface area (TPSA) is 20.3 Å². The third kappa shape index (κ3) is 3.68. The summed E-state index contributed by atoms with van der Waals surface area (Å²) in [4.78, 5) is 14.2. The maximum atomic E-state index is 13.1. The Morgan fingerprint density at radius 1 is 1.15 bits per heavy atom. The lowest BCUT2D eigenvalue weighted by atomic mass is 9.77. The molecule has 1 saturated heterocycles. The minimum atomic E-state index is -4.24. The van der Waals surface area contributed by atoms with E-state index in [1.54, 1.807) is 4.90 Å². The fourth-order valence-corrected chi connectivity index (χ4v) is 3.97. The van der Waals surface area contributed by atoms with Crippen molar-refractivity contribution in [2.45, 2.75) is 44.7 Å². The molecule has 0 N–H and O–H groups in total. The largest absolute Gasteiger partial charge is 0.392 e. The molecular weight excluding hydrogens is 335 g/mol. The SMILES string of the molecule is O=C(C1CCCCC1C(F)(F)F)N1CCCC(CBr)C1. The Morgan fingerprint density at radius 2 is 1.85 bits per heavy atom. The van der Waals surface area contributed by atoms with Gasteiger partial charge in [-0.2, -0.15) is 13.2 Å². The molecule has 6 heteroatoms. The van der Waals surface area contributed by atoms with Gasteiger partial charge in [-0.1, -0.05) is 28.8 Å². The van der Waals surface area contributed by atoms with E-state index in [0.29, 0.717) is 31.8 Å². The number of likely N-dealkylation sites (tertiary alicyclic amines) is 1. The van der Waals surface area contributed by atoms with Crippen molar-refractivity contribution in [3.05, 3.63) is 0 Å². The van der Waals surface area contributed by atoms with Crippen LogP contribution in [0.1, 0.15) is 38.5 Å². The van der Waals surface area contributed by atoms with Crippen LogP contribution in [0.3, 0.4) is 0 Å². The number of hydrogen-bond donors (Lipinski definition) is 0. The normalized spacial score (nSPS) is 32.2. The molecule has 3 unspecified atom stereocenters. The second kappa shape index (κ2) is 6.67. The lowest BCUT2D eigenvalue weighted by molar-refractivity contribution is -0.201. The molecule has 0 aromatic carbocycles. The summed E-state index contributed by atoms with van der Waals surface area (Å²) in [5, 5.41) is 0.810. The van der Waals surface area contributed by atoms with E-state index in [9.17, 15) is 18.0 Å². The van der Waals surface area contributed by atoms with E-state index < -0.39 is 18.0 Å². The van der Waals surface area contributed by atoms with E-state index in [1.165, 1.54) is 0 Å². The number of alkyl halides is 4. The van der Waals surface area contributed by atoms with Gasteiger partial charge >= 0.3 is 6.18 Å². The van der Waals surface area contributed by atoms with Crippen molar-refractivity contribution in [3.8, 4) is 0 Å². The second-order valence-corrected chi connectivity index (χ2v) is 6.63. The average Bonchev–Trinajstić information content (AvgIpc) is 2.45. The zero-order valence-electron chi connectivity index (χ0n) is 11.5. The molecule has 1 amide bonds. The molecular formula is C14H21BrF3NO. The van der Waals surface area contributed by atoms with Crippen LogP contribution < -0.4 is 0 Å². The summed E-state index contributed by atoms with van der Waals surface area (Å²) in [5.74, 6) is -2.18. The van der Waals surface area contributed by atoms with Crippen LogP contribution in [0.4, 0.5) is 13.2 Å². The Bertz CT molecular complexity index is 348. The Labute approximate surface area is 126 Å². The molecule has 1 aliphatic carbocycles. The molecule has 20 heavy (non-hydrogen) atoms. The molecule has 2 rings (SSSR count). The molecule has 0 aromatic heterocycles. The molecule has 1 saturated carbocycles. The molecule has 3 atom stereocenters. The van der Waals surface area contributed by atoms with Crippen molar-refractivity contribution in [1.82, 2.24) is 4.90 Å². The van der Waals surface area contributed by atoms with Gasteiger partial charge in [0, 0.05) is 24.3 Å². The molecule has 2 fully saturated rings. The van der Waals surface area contributed by atoms with Gasteiger partial charge in [0.25, 0.3) is 0 Å². The first-order valence-electron chi connectivity index (χ1n) is 7.35. The predicted octanol–water partition coefficient (Wildman–Crippen LogP) is 3.99. The number of rotatable bonds is 2. The highest BCUT2D eigenvalue weighted by Crippen LogP contribution is 2.42. The highest BCUT2D eigenvalue weighted by atomic mass is 79.9. The first-order chi connectivity index (χ1) is 9.43. The van der Waals surface area contributed by atoms with Crippen LogP contribution in [0.5, 0.6) is 0 Å². The van der Waals surface area contributed by atoms with Crippen molar-refractivity contribution in [2.24, 2.45) is 17.8 Å². The van der Waals surface area contributed by atoms with E-state index in [2.05, 4.69) is 15.9 Å². The predicted molar refractivity (Wildman–Crippen MR) is 74.6 cm³/mol. The number of hydrogen-bond acceptors (Lipinski definition) is 1. The lowest BCUT2D eigenvalue weighted by Crippen LogP contribution is -2.48. The number of carbonyl (C=O) groups excluding carboxylic acids is 1. The third-order valence-electron chi connectivity index (χ3n) is 4.55. The number of amides is 1. The molecule has 1 aliphatic heterocycles. The van der Waals surface area contributed by atoms with Crippen LogP contribution in [0.25, 0.3) is 0 Å².